The van der Waals surface area contributed by atoms with Gasteiger partial charge in [-0.05, 0) is 0 Å². The molecule has 2 saturated heterocycles. The first-order valence-corrected chi connectivity index (χ1v) is 6.50. The summed E-state index contributed by atoms with van der Waals surface area (Å²) >= 11 is 0. The second-order valence-electron chi connectivity index (χ2n) is 4.78. The maximum absolute atomic E-state index is 12.0. The van der Waals surface area contributed by atoms with Gasteiger partial charge in [0.15, 0.2) is 0 Å². The van der Waals surface area contributed by atoms with Crippen molar-refractivity contribution < 1.29 is 14.3 Å². The zero-order valence-corrected chi connectivity index (χ0v) is 10.9. The number of carbonyl (C=O) groups is 2. The van der Waals surface area contributed by atoms with Gasteiger partial charge in [0.2, 0.25) is 11.8 Å². The van der Waals surface area contributed by atoms with Crippen molar-refractivity contribution in [3.8, 4) is 0 Å². The molecule has 0 radical (unpaired) electrons. The van der Waals surface area contributed by atoms with Crippen LogP contribution in [0.3, 0.4) is 0 Å². The minimum absolute atomic E-state index is 0.120. The minimum atomic E-state index is 0.120. The van der Waals surface area contributed by atoms with E-state index in [1.807, 2.05) is 9.80 Å². The van der Waals surface area contributed by atoms with Crippen LogP contribution < -0.4 is 0 Å². The minimum Gasteiger partial charge on any atom is -0.378 e. The van der Waals surface area contributed by atoms with E-state index < -0.39 is 0 Å². The molecule has 6 nitrogen and oxygen atoms in total. The zero-order valence-electron chi connectivity index (χ0n) is 10.9. The predicted molar refractivity (Wildman–Crippen MR) is 66.1 cm³/mol. The van der Waals surface area contributed by atoms with E-state index in [2.05, 4.69) is 4.90 Å². The van der Waals surface area contributed by atoms with E-state index in [9.17, 15) is 9.59 Å². The van der Waals surface area contributed by atoms with Crippen LogP contribution in [-0.2, 0) is 14.3 Å². The Hall–Kier alpha value is -1.14. The van der Waals surface area contributed by atoms with Crippen LogP contribution in [0, 0.1) is 0 Å². The van der Waals surface area contributed by atoms with E-state index in [1.54, 1.807) is 6.92 Å². The molecule has 0 aromatic heterocycles. The highest BCUT2D eigenvalue weighted by atomic mass is 16.5. The van der Waals surface area contributed by atoms with Gasteiger partial charge in [-0.2, -0.15) is 0 Å². The first-order chi connectivity index (χ1) is 8.66. The predicted octanol–water partition coefficient (Wildman–Crippen LogP) is -0.991. The molecule has 0 unspecified atom stereocenters. The maximum atomic E-state index is 12.0. The molecule has 0 spiro atoms. The Morgan fingerprint density at radius 3 is 2.11 bits per heavy atom. The molecule has 0 bridgehead atoms. The van der Waals surface area contributed by atoms with Crippen LogP contribution in [0.2, 0.25) is 0 Å². The molecule has 2 amide bonds. The summed E-state index contributed by atoms with van der Waals surface area (Å²) in [5, 5.41) is 0. The Morgan fingerprint density at radius 1 is 0.944 bits per heavy atom. The van der Waals surface area contributed by atoms with Gasteiger partial charge in [0.25, 0.3) is 0 Å². The summed E-state index contributed by atoms with van der Waals surface area (Å²) in [6.45, 7) is 7.77. The number of hydrogen-bond acceptors (Lipinski definition) is 4. The van der Waals surface area contributed by atoms with Gasteiger partial charge in [-0.3, -0.25) is 14.5 Å². The van der Waals surface area contributed by atoms with Crippen molar-refractivity contribution in [2.24, 2.45) is 0 Å². The van der Waals surface area contributed by atoms with E-state index in [0.29, 0.717) is 32.8 Å². The van der Waals surface area contributed by atoms with Gasteiger partial charge in [0.1, 0.15) is 0 Å². The Balaban J connectivity index is 1.73. The van der Waals surface area contributed by atoms with Gasteiger partial charge in [0, 0.05) is 46.2 Å². The molecule has 0 atom stereocenters. The fourth-order valence-corrected chi connectivity index (χ4v) is 2.32. The van der Waals surface area contributed by atoms with E-state index in [4.69, 9.17) is 4.74 Å². The quantitative estimate of drug-likeness (QED) is 0.636. The number of amides is 2. The molecule has 2 heterocycles. The molecule has 0 saturated carbocycles. The van der Waals surface area contributed by atoms with Crippen molar-refractivity contribution in [3.63, 3.8) is 0 Å². The van der Waals surface area contributed by atoms with Crippen LogP contribution in [-0.4, -0.2) is 85.5 Å². The van der Waals surface area contributed by atoms with Crippen molar-refractivity contribution in [2.75, 3.05) is 59.0 Å². The number of piperazine rings is 1. The van der Waals surface area contributed by atoms with Gasteiger partial charge in [-0.25, -0.2) is 0 Å². The number of hydrogen-bond donors (Lipinski definition) is 0. The highest BCUT2D eigenvalue weighted by molar-refractivity contribution is 5.78. The van der Waals surface area contributed by atoms with Gasteiger partial charge in [0.05, 0.1) is 19.8 Å². The summed E-state index contributed by atoms with van der Waals surface area (Å²) < 4.78 is 5.23. The number of carbonyl (C=O) groups excluding carboxylic acids is 2. The van der Waals surface area contributed by atoms with Crippen LogP contribution >= 0.6 is 0 Å². The van der Waals surface area contributed by atoms with E-state index in [-0.39, 0.29) is 11.8 Å². The smallest absolute Gasteiger partial charge is 0.236 e. The Bertz CT molecular complexity index is 308. The third kappa shape index (κ3) is 3.43. The normalized spacial score (nSPS) is 22.1. The second kappa shape index (κ2) is 6.15. The van der Waals surface area contributed by atoms with Crippen LogP contribution in [0.1, 0.15) is 6.92 Å². The largest absolute Gasteiger partial charge is 0.378 e. The summed E-state index contributed by atoms with van der Waals surface area (Å²) in [5.41, 5.74) is 0. The Labute approximate surface area is 107 Å². The van der Waals surface area contributed by atoms with Crippen molar-refractivity contribution in [1.82, 2.24) is 14.7 Å². The summed E-state index contributed by atoms with van der Waals surface area (Å²) in [6.07, 6.45) is 0. The van der Waals surface area contributed by atoms with Crippen molar-refractivity contribution >= 4 is 11.8 Å². The monoisotopic (exact) mass is 255 g/mol. The molecule has 2 rings (SSSR count). The molecule has 2 fully saturated rings. The van der Waals surface area contributed by atoms with Gasteiger partial charge in [-0.1, -0.05) is 0 Å². The van der Waals surface area contributed by atoms with Gasteiger partial charge >= 0.3 is 0 Å². The molecular formula is C12H21N3O3. The van der Waals surface area contributed by atoms with Crippen LogP contribution in [0.4, 0.5) is 0 Å². The molecular weight excluding hydrogens is 234 g/mol. The highest BCUT2D eigenvalue weighted by Gasteiger charge is 2.23. The van der Waals surface area contributed by atoms with Crippen molar-refractivity contribution in [1.29, 1.82) is 0 Å². The van der Waals surface area contributed by atoms with Crippen LogP contribution in [0.25, 0.3) is 0 Å². The fourth-order valence-electron chi connectivity index (χ4n) is 2.32. The lowest BCUT2D eigenvalue weighted by molar-refractivity contribution is -0.137. The average molecular weight is 255 g/mol. The second-order valence-corrected chi connectivity index (χ2v) is 4.78. The molecule has 2 aliphatic heterocycles. The van der Waals surface area contributed by atoms with Gasteiger partial charge in [-0.15, -0.1) is 0 Å². The lowest BCUT2D eigenvalue weighted by Gasteiger charge is -2.35. The third-order valence-corrected chi connectivity index (χ3v) is 3.54. The molecule has 6 heteroatoms. The number of ether oxygens (including phenoxy) is 1. The standard InChI is InChI=1S/C12H21N3O3/c1-11(16)14-4-2-13(3-5-14)10-12(17)15-6-8-18-9-7-15/h2-10H2,1H3. The van der Waals surface area contributed by atoms with Crippen molar-refractivity contribution in [3.05, 3.63) is 0 Å². The molecule has 2 aliphatic rings. The van der Waals surface area contributed by atoms with E-state index >= 15 is 0 Å². The first-order valence-electron chi connectivity index (χ1n) is 6.50. The lowest BCUT2D eigenvalue weighted by atomic mass is 10.3. The summed E-state index contributed by atoms with van der Waals surface area (Å²) in [6, 6.07) is 0. The van der Waals surface area contributed by atoms with Crippen LogP contribution in [0.5, 0.6) is 0 Å². The van der Waals surface area contributed by atoms with E-state index in [1.165, 1.54) is 0 Å². The molecule has 0 aromatic carbocycles. The summed E-state index contributed by atoms with van der Waals surface area (Å²) in [7, 11) is 0. The molecule has 0 N–H and O–H groups in total. The van der Waals surface area contributed by atoms with Gasteiger partial charge < -0.3 is 14.5 Å². The molecule has 0 aliphatic carbocycles. The summed E-state index contributed by atoms with van der Waals surface area (Å²) in [4.78, 5) is 29.0. The molecule has 0 aromatic rings. The zero-order chi connectivity index (χ0) is 13.0. The lowest BCUT2D eigenvalue weighted by Crippen LogP contribution is -2.52. The third-order valence-electron chi connectivity index (χ3n) is 3.54. The SMILES string of the molecule is CC(=O)N1CCN(CC(=O)N2CCOCC2)CC1. The maximum Gasteiger partial charge on any atom is 0.236 e. The number of morpholine rings is 1. The van der Waals surface area contributed by atoms with Crippen LogP contribution in [0.15, 0.2) is 0 Å². The Kier molecular flexibility index (Phi) is 4.54. The van der Waals surface area contributed by atoms with E-state index in [0.717, 1.165) is 26.2 Å². The average Bonchev–Trinajstić information content (AvgIpc) is 2.40. The topological polar surface area (TPSA) is 53.1 Å². The molecule has 18 heavy (non-hydrogen) atoms. The highest BCUT2D eigenvalue weighted by Crippen LogP contribution is 2.04. The Morgan fingerprint density at radius 2 is 1.56 bits per heavy atom. The summed E-state index contributed by atoms with van der Waals surface area (Å²) in [5.74, 6) is 0.295. The number of nitrogens with zero attached hydrogens (tertiary/aromatic N) is 3. The van der Waals surface area contributed by atoms with Crippen molar-refractivity contribution in [2.45, 2.75) is 6.92 Å². The molecule has 102 valence electrons. The number of rotatable bonds is 2. The fraction of sp³-hybridized carbons (Fsp3) is 0.833. The first kappa shape index (κ1) is 13.3.